The lowest BCUT2D eigenvalue weighted by Crippen LogP contribution is -2.05. The Hall–Kier alpha value is 0.300. The normalized spacial score (nSPS) is 12.7. The largest absolute Gasteiger partial charge is 0.342 e. The van der Waals surface area contributed by atoms with Crippen molar-refractivity contribution in [2.24, 2.45) is 0 Å². The van der Waals surface area contributed by atoms with Gasteiger partial charge in [0.2, 0.25) is 0 Å². The fourth-order valence-electron chi connectivity index (χ4n) is 1.99. The van der Waals surface area contributed by atoms with Gasteiger partial charge in [0.1, 0.15) is 0 Å². The summed E-state index contributed by atoms with van der Waals surface area (Å²) < 4.78 is 45.8. The van der Waals surface area contributed by atoms with Gasteiger partial charge in [-0.2, -0.15) is 0 Å². The van der Waals surface area contributed by atoms with Gasteiger partial charge < -0.3 is 18.1 Å². The van der Waals surface area contributed by atoms with E-state index in [9.17, 15) is 9.13 Å². The smallest absolute Gasteiger partial charge is 0.311 e. The third-order valence-electron chi connectivity index (χ3n) is 3.47. The van der Waals surface area contributed by atoms with Crippen molar-refractivity contribution in [3.63, 3.8) is 0 Å². The Morgan fingerprint density at radius 2 is 1.09 bits per heavy atom. The average Bonchev–Trinajstić information content (AvgIpc) is 2.54. The zero-order chi connectivity index (χ0) is 17.6. The van der Waals surface area contributed by atoms with Crippen LogP contribution in [0.1, 0.15) is 65.2 Å². The molecule has 0 aromatic rings. The molecule has 0 radical (unpaired) electrons. The van der Waals surface area contributed by atoms with E-state index in [0.717, 1.165) is 51.4 Å². The molecule has 0 amide bonds. The first-order valence-corrected chi connectivity index (χ1v) is 12.0. The minimum absolute atomic E-state index is 0.333. The minimum Gasteiger partial charge on any atom is -0.311 e. The molecule has 6 nitrogen and oxygen atoms in total. The number of rotatable bonds is 16. The van der Waals surface area contributed by atoms with Crippen LogP contribution in [0.2, 0.25) is 0 Å². The summed E-state index contributed by atoms with van der Waals surface area (Å²) >= 11 is 0. The molecule has 0 spiro atoms. The summed E-state index contributed by atoms with van der Waals surface area (Å²) in [5, 5.41) is 0. The molecule has 0 atom stereocenters. The summed E-state index contributed by atoms with van der Waals surface area (Å²) in [7, 11) is -4.37. The Morgan fingerprint density at radius 3 is 1.43 bits per heavy atom. The highest BCUT2D eigenvalue weighted by Gasteiger charge is 2.37. The molecule has 0 saturated heterocycles. The third kappa shape index (κ3) is 11.5. The highest BCUT2D eigenvalue weighted by atomic mass is 31.2. The number of hydrogen-bond acceptors (Lipinski definition) is 6. The van der Waals surface area contributed by atoms with Crippen molar-refractivity contribution in [1.29, 1.82) is 0 Å². The summed E-state index contributed by atoms with van der Waals surface area (Å²) in [6, 6.07) is 0. The molecular weight excluding hydrogens is 338 g/mol. The maximum Gasteiger partial charge on any atom is 0.342 e. The SMILES string of the molecule is CCCCCCOP(=O)(CP(=O)(OC)OC)OCCCCCC. The minimum atomic E-state index is -3.48. The second kappa shape index (κ2) is 13.6. The summed E-state index contributed by atoms with van der Waals surface area (Å²) in [4.78, 5) is 0. The molecule has 23 heavy (non-hydrogen) atoms. The summed E-state index contributed by atoms with van der Waals surface area (Å²) in [6.45, 7) is 4.91. The van der Waals surface area contributed by atoms with Crippen LogP contribution in [0, 0.1) is 0 Å². The molecule has 0 aromatic heterocycles. The molecule has 8 heteroatoms. The third-order valence-corrected chi connectivity index (χ3v) is 8.51. The van der Waals surface area contributed by atoms with E-state index >= 15 is 0 Å². The molecule has 0 fully saturated rings. The lowest BCUT2D eigenvalue weighted by atomic mass is 10.2. The summed E-state index contributed by atoms with van der Waals surface area (Å²) in [5.41, 5.74) is 0. The zero-order valence-corrected chi connectivity index (χ0v) is 16.9. The van der Waals surface area contributed by atoms with Crippen molar-refractivity contribution < 1.29 is 27.2 Å². The second-order valence-electron chi connectivity index (χ2n) is 5.52. The van der Waals surface area contributed by atoms with Crippen LogP contribution in [0.15, 0.2) is 0 Å². The fourth-order valence-corrected chi connectivity index (χ4v) is 6.30. The Labute approximate surface area is 141 Å². The Bertz CT molecular complexity index is 349. The molecule has 0 saturated carbocycles. The van der Waals surface area contributed by atoms with E-state index in [-0.39, 0.29) is 5.90 Å². The highest BCUT2D eigenvalue weighted by Crippen LogP contribution is 2.63. The van der Waals surface area contributed by atoms with Gasteiger partial charge in [0.15, 0.2) is 5.90 Å². The van der Waals surface area contributed by atoms with E-state index in [1.54, 1.807) is 0 Å². The standard InChI is InChI=1S/C15H34O6P2/c1-5-7-9-11-13-20-23(17,15-22(16,18-3)19-4)21-14-12-10-8-6-2/h5-15H2,1-4H3. The molecule has 0 aliphatic rings. The zero-order valence-electron chi connectivity index (χ0n) is 15.1. The van der Waals surface area contributed by atoms with Gasteiger partial charge in [-0.05, 0) is 12.8 Å². The van der Waals surface area contributed by atoms with Gasteiger partial charge >= 0.3 is 15.2 Å². The molecule has 0 aliphatic carbocycles. The number of unbranched alkanes of at least 4 members (excludes halogenated alkanes) is 6. The maximum atomic E-state index is 12.8. The van der Waals surface area contributed by atoms with Crippen LogP contribution in [-0.4, -0.2) is 33.3 Å². The van der Waals surface area contributed by atoms with E-state index in [1.807, 2.05) is 0 Å². The Balaban J connectivity index is 4.50. The van der Waals surface area contributed by atoms with Gasteiger partial charge in [-0.1, -0.05) is 52.4 Å². The van der Waals surface area contributed by atoms with Crippen molar-refractivity contribution in [2.45, 2.75) is 65.2 Å². The second-order valence-corrected chi connectivity index (χ2v) is 10.3. The van der Waals surface area contributed by atoms with Crippen molar-refractivity contribution in [1.82, 2.24) is 0 Å². The molecule has 0 unspecified atom stereocenters. The van der Waals surface area contributed by atoms with Gasteiger partial charge in [0.05, 0.1) is 13.2 Å². The topological polar surface area (TPSA) is 71.1 Å². The molecule has 0 heterocycles. The highest BCUT2D eigenvalue weighted by molar-refractivity contribution is 7.71. The number of hydrogen-bond donors (Lipinski definition) is 0. The molecule has 0 rings (SSSR count). The quantitative estimate of drug-likeness (QED) is 0.251. The van der Waals surface area contributed by atoms with E-state index in [0.29, 0.717) is 13.2 Å². The van der Waals surface area contributed by atoms with Crippen LogP contribution in [0.3, 0.4) is 0 Å². The van der Waals surface area contributed by atoms with Crippen LogP contribution in [-0.2, 0) is 27.2 Å². The van der Waals surface area contributed by atoms with Crippen molar-refractivity contribution in [3.05, 3.63) is 0 Å². The molecular formula is C15H34O6P2. The molecule has 0 aromatic carbocycles. The van der Waals surface area contributed by atoms with Gasteiger partial charge in [-0.15, -0.1) is 0 Å². The van der Waals surface area contributed by atoms with E-state index < -0.39 is 15.2 Å². The first-order chi connectivity index (χ1) is 10.9. The van der Waals surface area contributed by atoms with Gasteiger partial charge in [-0.25, -0.2) is 0 Å². The van der Waals surface area contributed by atoms with Crippen LogP contribution >= 0.6 is 15.2 Å². The molecule has 0 aliphatic heterocycles. The van der Waals surface area contributed by atoms with Crippen molar-refractivity contribution in [2.75, 3.05) is 33.3 Å². The summed E-state index contributed by atoms with van der Waals surface area (Å²) in [5.74, 6) is -0.339. The van der Waals surface area contributed by atoms with Crippen molar-refractivity contribution in [3.8, 4) is 0 Å². The van der Waals surface area contributed by atoms with E-state index in [1.165, 1.54) is 14.2 Å². The predicted octanol–water partition coefficient (Wildman–Crippen LogP) is 5.82. The Morgan fingerprint density at radius 1 is 0.652 bits per heavy atom. The maximum absolute atomic E-state index is 12.8. The van der Waals surface area contributed by atoms with Crippen LogP contribution < -0.4 is 0 Å². The average molecular weight is 372 g/mol. The lowest BCUT2D eigenvalue weighted by Gasteiger charge is -2.22. The van der Waals surface area contributed by atoms with Gasteiger partial charge in [0, 0.05) is 14.2 Å². The molecule has 0 bridgehead atoms. The predicted molar refractivity (Wildman–Crippen MR) is 94.3 cm³/mol. The van der Waals surface area contributed by atoms with E-state index in [2.05, 4.69) is 13.8 Å². The van der Waals surface area contributed by atoms with Gasteiger partial charge in [-0.3, -0.25) is 9.13 Å². The fraction of sp³-hybridized carbons (Fsp3) is 1.00. The van der Waals surface area contributed by atoms with Crippen molar-refractivity contribution >= 4 is 15.2 Å². The van der Waals surface area contributed by atoms with Crippen LogP contribution in [0.5, 0.6) is 0 Å². The monoisotopic (exact) mass is 372 g/mol. The summed E-state index contributed by atoms with van der Waals surface area (Å²) in [6.07, 6.45) is 8.10. The Kier molecular flexibility index (Phi) is 13.8. The first-order valence-electron chi connectivity index (χ1n) is 8.54. The van der Waals surface area contributed by atoms with Crippen LogP contribution in [0.25, 0.3) is 0 Å². The van der Waals surface area contributed by atoms with Crippen LogP contribution in [0.4, 0.5) is 0 Å². The lowest BCUT2D eigenvalue weighted by molar-refractivity contribution is 0.197. The van der Waals surface area contributed by atoms with Gasteiger partial charge in [0.25, 0.3) is 0 Å². The van der Waals surface area contributed by atoms with E-state index in [4.69, 9.17) is 18.1 Å². The molecule has 0 N–H and O–H groups in total. The first kappa shape index (κ1) is 23.3. The molecule has 140 valence electrons.